The summed E-state index contributed by atoms with van der Waals surface area (Å²) in [5.41, 5.74) is 2.58. The number of aryl methyl sites for hydroxylation is 2. The highest BCUT2D eigenvalue weighted by molar-refractivity contribution is 7.99. The van der Waals surface area contributed by atoms with Gasteiger partial charge in [0.1, 0.15) is 4.83 Å². The summed E-state index contributed by atoms with van der Waals surface area (Å²) in [5.74, 6) is 0.984. The Balaban J connectivity index is 1.87. The molecule has 1 aliphatic rings. The first-order chi connectivity index (χ1) is 12.8. The highest BCUT2D eigenvalue weighted by Gasteiger charge is 2.21. The molecule has 0 saturated heterocycles. The maximum Gasteiger partial charge on any atom is 0.263 e. The summed E-state index contributed by atoms with van der Waals surface area (Å²) in [5, 5.41) is 1.76. The van der Waals surface area contributed by atoms with E-state index in [-0.39, 0.29) is 5.56 Å². The molecule has 136 valence electrons. The second-order valence-electron chi connectivity index (χ2n) is 6.86. The largest absolute Gasteiger partial charge is 0.283 e. The minimum atomic E-state index is 0.150. The molecule has 0 radical (unpaired) electrons. The van der Waals surface area contributed by atoms with Gasteiger partial charge in [-0.25, -0.2) is 4.98 Å². The molecule has 0 amide bonds. The summed E-state index contributed by atoms with van der Waals surface area (Å²) >= 11 is 3.46. The van der Waals surface area contributed by atoms with E-state index in [1.807, 2.05) is 22.8 Å². The fraction of sp³-hybridized carbons (Fsp3) is 0.429. The second-order valence-corrected chi connectivity index (χ2v) is 9.01. The van der Waals surface area contributed by atoms with Crippen LogP contribution in [0.3, 0.4) is 0 Å². The zero-order valence-corrected chi connectivity index (χ0v) is 16.8. The van der Waals surface area contributed by atoms with E-state index in [4.69, 9.17) is 4.98 Å². The molecule has 0 N–H and O–H groups in total. The Morgan fingerprint density at radius 3 is 2.77 bits per heavy atom. The molecule has 0 spiro atoms. The summed E-state index contributed by atoms with van der Waals surface area (Å²) in [6.07, 6.45) is 6.88. The van der Waals surface area contributed by atoms with Gasteiger partial charge in [-0.1, -0.05) is 55.4 Å². The third-order valence-corrected chi connectivity index (χ3v) is 7.28. The van der Waals surface area contributed by atoms with Gasteiger partial charge in [0.05, 0.1) is 11.9 Å². The van der Waals surface area contributed by atoms with Gasteiger partial charge >= 0.3 is 0 Å². The Morgan fingerprint density at radius 1 is 1.15 bits per heavy atom. The lowest BCUT2D eigenvalue weighted by atomic mass is 10.1. The van der Waals surface area contributed by atoms with E-state index in [0.717, 1.165) is 46.0 Å². The van der Waals surface area contributed by atoms with Gasteiger partial charge in [0.2, 0.25) is 0 Å². The highest BCUT2D eigenvalue weighted by atomic mass is 32.2. The maximum atomic E-state index is 13.5. The monoisotopic (exact) mass is 384 g/mol. The fourth-order valence-electron chi connectivity index (χ4n) is 3.61. The molecule has 0 atom stereocenters. The van der Waals surface area contributed by atoms with Crippen molar-refractivity contribution in [2.75, 3.05) is 5.75 Å². The minimum Gasteiger partial charge on any atom is -0.283 e. The van der Waals surface area contributed by atoms with Gasteiger partial charge < -0.3 is 0 Å². The summed E-state index contributed by atoms with van der Waals surface area (Å²) in [4.78, 5) is 20.8. The lowest BCUT2D eigenvalue weighted by Crippen LogP contribution is -2.24. The first-order valence-electron chi connectivity index (χ1n) is 9.49. The van der Waals surface area contributed by atoms with Crippen molar-refractivity contribution in [2.45, 2.75) is 57.1 Å². The topological polar surface area (TPSA) is 34.9 Å². The Bertz CT molecular complexity index is 960. The maximum absolute atomic E-state index is 13.5. The molecule has 26 heavy (non-hydrogen) atoms. The van der Waals surface area contributed by atoms with Crippen LogP contribution < -0.4 is 5.56 Å². The van der Waals surface area contributed by atoms with Crippen LogP contribution in [0, 0.1) is 0 Å². The number of hydrogen-bond acceptors (Lipinski definition) is 4. The Hall–Kier alpha value is -1.59. The van der Waals surface area contributed by atoms with E-state index in [0.29, 0.717) is 6.54 Å². The Kier molecular flexibility index (Phi) is 5.46. The smallest absolute Gasteiger partial charge is 0.263 e. The van der Waals surface area contributed by atoms with Crippen LogP contribution in [-0.4, -0.2) is 15.3 Å². The quantitative estimate of drug-likeness (QED) is 0.341. The van der Waals surface area contributed by atoms with Crippen molar-refractivity contribution in [3.63, 3.8) is 0 Å². The van der Waals surface area contributed by atoms with Crippen molar-refractivity contribution in [3.8, 4) is 0 Å². The third kappa shape index (κ3) is 3.47. The zero-order valence-electron chi connectivity index (χ0n) is 15.2. The molecule has 2 aromatic heterocycles. The van der Waals surface area contributed by atoms with Gasteiger partial charge in [0, 0.05) is 10.6 Å². The predicted octanol–water partition coefficient (Wildman–Crippen LogP) is 5.28. The summed E-state index contributed by atoms with van der Waals surface area (Å²) in [7, 11) is 0. The van der Waals surface area contributed by atoms with E-state index >= 15 is 0 Å². The number of thiophene rings is 1. The van der Waals surface area contributed by atoms with E-state index in [1.165, 1.54) is 29.7 Å². The summed E-state index contributed by atoms with van der Waals surface area (Å²) in [6, 6.07) is 10.2. The summed E-state index contributed by atoms with van der Waals surface area (Å²) < 4.78 is 1.90. The molecule has 3 aromatic rings. The molecule has 0 aliphatic heterocycles. The highest BCUT2D eigenvalue weighted by Crippen LogP contribution is 2.34. The van der Waals surface area contributed by atoms with Crippen LogP contribution >= 0.6 is 23.1 Å². The van der Waals surface area contributed by atoms with Crippen LogP contribution in [0.25, 0.3) is 10.2 Å². The van der Waals surface area contributed by atoms with Gasteiger partial charge in [-0.15, -0.1) is 11.3 Å². The fourth-order valence-corrected chi connectivity index (χ4v) is 5.76. The number of hydrogen-bond donors (Lipinski definition) is 0. The van der Waals surface area contributed by atoms with Crippen molar-refractivity contribution in [3.05, 3.63) is 56.7 Å². The average molecular weight is 385 g/mol. The van der Waals surface area contributed by atoms with Gasteiger partial charge in [-0.3, -0.25) is 9.36 Å². The molecule has 0 unspecified atom stereocenters. The number of fused-ring (bicyclic) bond motifs is 3. The molecule has 0 fully saturated rings. The molecule has 1 aliphatic carbocycles. The van der Waals surface area contributed by atoms with Crippen LogP contribution in [0.15, 0.2) is 40.3 Å². The second kappa shape index (κ2) is 7.97. The first kappa shape index (κ1) is 17.8. The van der Waals surface area contributed by atoms with Crippen LogP contribution in [0.1, 0.15) is 48.6 Å². The number of thioether (sulfide) groups is 1. The van der Waals surface area contributed by atoms with Crippen LogP contribution in [0.4, 0.5) is 0 Å². The van der Waals surface area contributed by atoms with Gasteiger partial charge in [-0.05, 0) is 43.2 Å². The van der Waals surface area contributed by atoms with Crippen molar-refractivity contribution in [2.24, 2.45) is 0 Å². The molecule has 0 saturated carbocycles. The lowest BCUT2D eigenvalue weighted by Gasteiger charge is -2.12. The predicted molar refractivity (Wildman–Crippen MR) is 112 cm³/mol. The van der Waals surface area contributed by atoms with Crippen molar-refractivity contribution < 1.29 is 0 Å². The standard InChI is InChI=1S/C21H24N2OS2/c1-2-13-25-21-22-19-18(16-11-7-4-8-12-17(16)26-19)20(24)23(21)14-15-9-5-3-6-10-15/h3,5-6,9-10H,2,4,7-8,11-14H2,1H3. The normalized spacial score (nSPS) is 14.3. The number of rotatable bonds is 5. The summed E-state index contributed by atoms with van der Waals surface area (Å²) in [6.45, 7) is 2.76. The van der Waals surface area contributed by atoms with E-state index in [2.05, 4.69) is 19.1 Å². The average Bonchev–Trinajstić information content (AvgIpc) is 2.84. The zero-order chi connectivity index (χ0) is 17.9. The third-order valence-electron chi connectivity index (χ3n) is 4.91. The number of nitrogens with zero attached hydrogens (tertiary/aromatic N) is 2. The molecule has 1 aromatic carbocycles. The SMILES string of the molecule is CCCSc1nc2sc3c(c2c(=O)n1Cc1ccccc1)CCCCC3. The molecule has 3 nitrogen and oxygen atoms in total. The molecule has 2 heterocycles. The number of benzene rings is 1. The van der Waals surface area contributed by atoms with E-state index in [1.54, 1.807) is 23.1 Å². The van der Waals surface area contributed by atoms with E-state index in [9.17, 15) is 4.79 Å². The van der Waals surface area contributed by atoms with Gasteiger partial charge in [0.15, 0.2) is 5.16 Å². The van der Waals surface area contributed by atoms with E-state index < -0.39 is 0 Å². The molecular weight excluding hydrogens is 360 g/mol. The Labute approximate surface area is 162 Å². The van der Waals surface area contributed by atoms with Crippen molar-refractivity contribution in [1.82, 2.24) is 9.55 Å². The number of aromatic nitrogens is 2. The minimum absolute atomic E-state index is 0.150. The molecular formula is C21H24N2OS2. The Morgan fingerprint density at radius 2 is 1.96 bits per heavy atom. The van der Waals surface area contributed by atoms with Gasteiger partial charge in [-0.2, -0.15) is 0 Å². The van der Waals surface area contributed by atoms with Gasteiger partial charge in [0.25, 0.3) is 5.56 Å². The lowest BCUT2D eigenvalue weighted by molar-refractivity contribution is 0.658. The molecule has 5 heteroatoms. The van der Waals surface area contributed by atoms with Crippen LogP contribution in [0.2, 0.25) is 0 Å². The van der Waals surface area contributed by atoms with Crippen LogP contribution in [-0.2, 0) is 19.4 Å². The molecule has 0 bridgehead atoms. The van der Waals surface area contributed by atoms with Crippen LogP contribution in [0.5, 0.6) is 0 Å². The first-order valence-corrected chi connectivity index (χ1v) is 11.3. The van der Waals surface area contributed by atoms with Crippen molar-refractivity contribution in [1.29, 1.82) is 0 Å². The molecule has 4 rings (SSSR count). The van der Waals surface area contributed by atoms with Crippen molar-refractivity contribution >= 4 is 33.3 Å².